The summed E-state index contributed by atoms with van der Waals surface area (Å²) < 4.78 is 16.6. The van der Waals surface area contributed by atoms with Crippen LogP contribution in [0, 0.1) is 6.92 Å². The van der Waals surface area contributed by atoms with Crippen molar-refractivity contribution in [2.75, 3.05) is 7.11 Å². The molecule has 3 aromatic carbocycles. The number of rotatable bonds is 4. The van der Waals surface area contributed by atoms with Crippen molar-refractivity contribution >= 4 is 16.9 Å². The van der Waals surface area contributed by atoms with Crippen molar-refractivity contribution in [1.29, 1.82) is 0 Å². The molecule has 29 heavy (non-hydrogen) atoms. The molecule has 0 N–H and O–H groups in total. The fraction of sp³-hybridized carbons (Fsp3) is 0.0833. The molecule has 4 aromatic rings. The van der Waals surface area contributed by atoms with Crippen LogP contribution in [0.4, 0.5) is 0 Å². The lowest BCUT2D eigenvalue weighted by atomic mass is 10.0. The van der Waals surface area contributed by atoms with Crippen LogP contribution in [0.25, 0.3) is 22.3 Å². The van der Waals surface area contributed by atoms with E-state index in [9.17, 15) is 9.59 Å². The molecule has 0 saturated heterocycles. The van der Waals surface area contributed by atoms with Gasteiger partial charge in [-0.3, -0.25) is 4.79 Å². The van der Waals surface area contributed by atoms with Gasteiger partial charge in [0.05, 0.1) is 12.5 Å². The van der Waals surface area contributed by atoms with Crippen LogP contribution in [0.1, 0.15) is 15.9 Å². The minimum atomic E-state index is -0.605. The summed E-state index contributed by atoms with van der Waals surface area (Å²) in [5.74, 6) is 0.856. The van der Waals surface area contributed by atoms with Crippen molar-refractivity contribution in [2.45, 2.75) is 6.92 Å². The maximum Gasteiger partial charge on any atom is 0.347 e. The van der Waals surface area contributed by atoms with Gasteiger partial charge in [-0.05, 0) is 43.3 Å². The van der Waals surface area contributed by atoms with E-state index in [0.29, 0.717) is 28.2 Å². The number of benzene rings is 3. The van der Waals surface area contributed by atoms with Gasteiger partial charge in [-0.25, -0.2) is 4.79 Å². The molecular formula is C24H18O5. The van der Waals surface area contributed by atoms with Gasteiger partial charge < -0.3 is 13.9 Å². The highest BCUT2D eigenvalue weighted by atomic mass is 16.5. The van der Waals surface area contributed by atoms with E-state index in [1.165, 1.54) is 0 Å². The molecule has 4 rings (SSSR count). The Hall–Kier alpha value is -3.86. The van der Waals surface area contributed by atoms with Gasteiger partial charge in [0.2, 0.25) is 0 Å². The zero-order chi connectivity index (χ0) is 20.4. The summed E-state index contributed by atoms with van der Waals surface area (Å²) in [6.07, 6.45) is 0. The van der Waals surface area contributed by atoms with E-state index in [0.717, 1.165) is 5.56 Å². The number of para-hydroxylation sites is 1. The predicted octanol–water partition coefficient (Wildman–Crippen LogP) is 5.00. The molecule has 0 bridgehead atoms. The zero-order valence-corrected chi connectivity index (χ0v) is 16.0. The maximum absolute atomic E-state index is 12.9. The quantitative estimate of drug-likeness (QED) is 0.365. The number of ether oxygens (including phenoxy) is 2. The first kappa shape index (κ1) is 18.5. The summed E-state index contributed by atoms with van der Waals surface area (Å²) in [5, 5.41) is 0.339. The van der Waals surface area contributed by atoms with Gasteiger partial charge in [-0.1, -0.05) is 36.4 Å². The second-order valence-electron chi connectivity index (χ2n) is 6.50. The van der Waals surface area contributed by atoms with Crippen molar-refractivity contribution < 1.29 is 18.7 Å². The SMILES string of the molecule is COc1ccc(OC(=O)c2cccc3c(=O)c(C)c(-c4ccccc4)oc23)cc1. The average molecular weight is 386 g/mol. The van der Waals surface area contributed by atoms with E-state index in [4.69, 9.17) is 13.9 Å². The van der Waals surface area contributed by atoms with Crippen molar-refractivity contribution in [3.8, 4) is 22.8 Å². The second kappa shape index (κ2) is 7.64. The van der Waals surface area contributed by atoms with Crippen LogP contribution >= 0.6 is 0 Å². The lowest BCUT2D eigenvalue weighted by molar-refractivity contribution is 0.0735. The van der Waals surface area contributed by atoms with Gasteiger partial charge in [0.1, 0.15) is 22.8 Å². The highest BCUT2D eigenvalue weighted by Gasteiger charge is 2.19. The van der Waals surface area contributed by atoms with Gasteiger partial charge in [0.15, 0.2) is 11.0 Å². The molecule has 144 valence electrons. The Labute approximate surface area is 167 Å². The van der Waals surface area contributed by atoms with E-state index in [2.05, 4.69) is 0 Å². The van der Waals surface area contributed by atoms with Crippen LogP contribution < -0.4 is 14.9 Å². The molecule has 0 saturated carbocycles. The first-order valence-electron chi connectivity index (χ1n) is 9.06. The summed E-state index contributed by atoms with van der Waals surface area (Å²) in [6, 6.07) is 20.9. The van der Waals surface area contributed by atoms with Gasteiger partial charge in [0.25, 0.3) is 0 Å². The molecule has 0 fully saturated rings. The summed E-state index contributed by atoms with van der Waals surface area (Å²) >= 11 is 0. The summed E-state index contributed by atoms with van der Waals surface area (Å²) in [5.41, 5.74) is 1.48. The predicted molar refractivity (Wildman–Crippen MR) is 111 cm³/mol. The topological polar surface area (TPSA) is 65.7 Å². The Bertz CT molecular complexity index is 1240. The van der Waals surface area contributed by atoms with Crippen LogP contribution in [0.3, 0.4) is 0 Å². The van der Waals surface area contributed by atoms with E-state index in [1.54, 1.807) is 56.5 Å². The molecule has 1 aromatic heterocycles. The van der Waals surface area contributed by atoms with Gasteiger partial charge >= 0.3 is 5.97 Å². The smallest absolute Gasteiger partial charge is 0.347 e. The van der Waals surface area contributed by atoms with Crippen molar-refractivity contribution in [2.24, 2.45) is 0 Å². The number of hydrogen-bond donors (Lipinski definition) is 0. The van der Waals surface area contributed by atoms with E-state index in [-0.39, 0.29) is 16.6 Å². The second-order valence-corrected chi connectivity index (χ2v) is 6.50. The first-order valence-corrected chi connectivity index (χ1v) is 9.06. The lowest BCUT2D eigenvalue weighted by Gasteiger charge is -2.10. The Kier molecular flexibility index (Phi) is 4.87. The lowest BCUT2D eigenvalue weighted by Crippen LogP contribution is -2.13. The van der Waals surface area contributed by atoms with Crippen molar-refractivity contribution in [3.05, 3.63) is 94.1 Å². The molecule has 1 heterocycles. The third-order valence-electron chi connectivity index (χ3n) is 4.67. The van der Waals surface area contributed by atoms with Gasteiger partial charge in [-0.15, -0.1) is 0 Å². The van der Waals surface area contributed by atoms with E-state index < -0.39 is 5.97 Å². The number of fused-ring (bicyclic) bond motifs is 1. The molecule has 0 atom stereocenters. The molecule has 0 aliphatic rings. The summed E-state index contributed by atoms with van der Waals surface area (Å²) in [6.45, 7) is 1.72. The Morgan fingerprint density at radius 2 is 1.55 bits per heavy atom. The largest absolute Gasteiger partial charge is 0.497 e. The molecule has 0 spiro atoms. The minimum Gasteiger partial charge on any atom is -0.497 e. The van der Waals surface area contributed by atoms with E-state index >= 15 is 0 Å². The molecule has 5 nitrogen and oxygen atoms in total. The fourth-order valence-electron chi connectivity index (χ4n) is 3.14. The fourth-order valence-corrected chi connectivity index (χ4v) is 3.14. The van der Waals surface area contributed by atoms with Crippen LogP contribution in [0.2, 0.25) is 0 Å². The standard InChI is InChI=1S/C24H18O5/c1-15-21(25)19-9-6-10-20(23(19)29-22(15)16-7-4-3-5-8-16)24(26)28-18-13-11-17(27-2)12-14-18/h3-14H,1-2H3. The Morgan fingerprint density at radius 3 is 2.24 bits per heavy atom. The molecule has 5 heteroatoms. The molecular weight excluding hydrogens is 368 g/mol. The molecule has 0 unspecified atom stereocenters. The number of esters is 1. The van der Waals surface area contributed by atoms with Crippen molar-refractivity contribution in [1.82, 2.24) is 0 Å². The van der Waals surface area contributed by atoms with Gasteiger partial charge in [0, 0.05) is 11.1 Å². The zero-order valence-electron chi connectivity index (χ0n) is 16.0. The molecule has 0 aliphatic heterocycles. The van der Waals surface area contributed by atoms with Crippen molar-refractivity contribution in [3.63, 3.8) is 0 Å². The Balaban J connectivity index is 1.81. The molecule has 0 amide bonds. The third-order valence-corrected chi connectivity index (χ3v) is 4.67. The van der Waals surface area contributed by atoms with E-state index in [1.807, 2.05) is 30.3 Å². The number of carbonyl (C=O) groups is 1. The number of carbonyl (C=O) groups excluding carboxylic acids is 1. The van der Waals surface area contributed by atoms with Crippen LogP contribution in [0.15, 0.2) is 82.0 Å². The summed E-state index contributed by atoms with van der Waals surface area (Å²) in [4.78, 5) is 25.7. The van der Waals surface area contributed by atoms with Crippen LogP contribution in [-0.2, 0) is 0 Å². The Morgan fingerprint density at radius 1 is 0.862 bits per heavy atom. The normalized spacial score (nSPS) is 10.7. The highest BCUT2D eigenvalue weighted by Crippen LogP contribution is 2.28. The third kappa shape index (κ3) is 3.50. The minimum absolute atomic E-state index is 0.177. The average Bonchev–Trinajstić information content (AvgIpc) is 2.77. The highest BCUT2D eigenvalue weighted by molar-refractivity contribution is 6.03. The number of hydrogen-bond acceptors (Lipinski definition) is 5. The first-order chi connectivity index (χ1) is 14.1. The molecule has 0 aliphatic carbocycles. The van der Waals surface area contributed by atoms with Crippen LogP contribution in [0.5, 0.6) is 11.5 Å². The van der Waals surface area contributed by atoms with Crippen LogP contribution in [-0.4, -0.2) is 13.1 Å². The number of methoxy groups -OCH3 is 1. The molecule has 0 radical (unpaired) electrons. The maximum atomic E-state index is 12.9. The monoisotopic (exact) mass is 386 g/mol. The van der Waals surface area contributed by atoms with Gasteiger partial charge in [-0.2, -0.15) is 0 Å². The summed E-state index contributed by atoms with van der Waals surface area (Å²) in [7, 11) is 1.56.